The van der Waals surface area contributed by atoms with Gasteiger partial charge in [0.2, 0.25) is 0 Å². The highest BCUT2D eigenvalue weighted by Crippen LogP contribution is 2.31. The largest absolute Gasteiger partial charge is 0.504 e. The lowest BCUT2D eigenvalue weighted by molar-refractivity contribution is -0.348. The van der Waals surface area contributed by atoms with E-state index < -0.39 is 80.5 Å². The van der Waals surface area contributed by atoms with Crippen LogP contribution in [0.3, 0.4) is 0 Å². The van der Waals surface area contributed by atoms with Crippen LogP contribution < -0.4 is 10.1 Å². The van der Waals surface area contributed by atoms with Crippen molar-refractivity contribution in [2.45, 2.75) is 106 Å². The third-order valence-electron chi connectivity index (χ3n) is 8.02. The molecule has 8 N–H and O–H groups in total. The summed E-state index contributed by atoms with van der Waals surface area (Å²) in [7, 11) is 2.67. The molecule has 2 fully saturated rings. The standard InChI is InChI=1S/C30H47NO15/c1-41-18-13-16(10-11-17(18)34)28(40)31-22-24(37)27(46-30-26(39)25(38)23(36)19(14-32)44-30)20(15-33)45-29(22)43-12-8-6-4-3-5-7-9-21(35)42-2/h10-11,13,19-20,22-27,29-30,32-34,36-39H,3-9,12,14-15H2,1-2H3,(H,31,40)/t19?,20?,22?,23-,24?,25?,26?,27+,29-,30?/m1/s1. The van der Waals surface area contributed by atoms with Crippen LogP contribution in [0.2, 0.25) is 0 Å². The second-order valence-electron chi connectivity index (χ2n) is 11.2. The number of esters is 1. The minimum absolute atomic E-state index is 0.0374. The van der Waals surface area contributed by atoms with Crippen molar-refractivity contribution >= 4 is 11.9 Å². The molecule has 7 unspecified atom stereocenters. The molecule has 2 saturated heterocycles. The van der Waals surface area contributed by atoms with Gasteiger partial charge in [0, 0.05) is 18.6 Å². The average Bonchev–Trinajstić information content (AvgIpc) is 3.06. The number of aromatic hydroxyl groups is 1. The molecule has 2 aliphatic rings. The van der Waals surface area contributed by atoms with E-state index in [0.717, 1.165) is 32.1 Å². The Morgan fingerprint density at radius 2 is 1.48 bits per heavy atom. The van der Waals surface area contributed by atoms with Crippen molar-refractivity contribution in [3.63, 3.8) is 0 Å². The van der Waals surface area contributed by atoms with Gasteiger partial charge in [0.15, 0.2) is 24.1 Å². The molecule has 46 heavy (non-hydrogen) atoms. The van der Waals surface area contributed by atoms with E-state index >= 15 is 0 Å². The number of ether oxygens (including phenoxy) is 6. The van der Waals surface area contributed by atoms with Crippen LogP contribution >= 0.6 is 0 Å². The third kappa shape index (κ3) is 9.93. The molecule has 0 radical (unpaired) electrons. The maximum absolute atomic E-state index is 13.3. The van der Waals surface area contributed by atoms with Crippen LogP contribution in [0, 0.1) is 0 Å². The van der Waals surface area contributed by atoms with Crippen molar-refractivity contribution in [1.29, 1.82) is 0 Å². The zero-order valence-corrected chi connectivity index (χ0v) is 26.0. The molecule has 3 rings (SSSR count). The summed E-state index contributed by atoms with van der Waals surface area (Å²) in [5, 5.41) is 74.4. The number of aliphatic hydroxyl groups is 6. The quantitative estimate of drug-likeness (QED) is 0.0713. The predicted octanol–water partition coefficient (Wildman–Crippen LogP) is -1.32. The molecule has 1 aromatic carbocycles. The van der Waals surface area contributed by atoms with Crippen LogP contribution in [-0.2, 0) is 28.5 Å². The number of hydrogen-bond acceptors (Lipinski definition) is 15. The summed E-state index contributed by atoms with van der Waals surface area (Å²) in [6, 6.07) is 2.60. The SMILES string of the molecule is COC(=O)CCCCCCCCO[C@@H]1OC(CO)[C@H](OC2OC(CO)[C@@H](O)C(O)C2O)C(O)C1NC(=O)c1ccc(O)c(OC)c1. The number of aliphatic hydroxyl groups excluding tert-OH is 6. The fraction of sp³-hybridized carbons (Fsp3) is 0.733. The summed E-state index contributed by atoms with van der Waals surface area (Å²) >= 11 is 0. The molecule has 262 valence electrons. The number of rotatable bonds is 17. The zero-order chi connectivity index (χ0) is 33.8. The summed E-state index contributed by atoms with van der Waals surface area (Å²) in [5.74, 6) is -1.09. The topological polar surface area (TPSA) is 243 Å². The van der Waals surface area contributed by atoms with Crippen LogP contribution in [-0.4, -0.2) is 143 Å². The Morgan fingerprint density at radius 3 is 2.13 bits per heavy atom. The van der Waals surface area contributed by atoms with Crippen molar-refractivity contribution in [3.05, 3.63) is 23.8 Å². The van der Waals surface area contributed by atoms with Gasteiger partial charge in [-0.3, -0.25) is 9.59 Å². The third-order valence-corrected chi connectivity index (χ3v) is 8.02. The molecule has 2 aliphatic heterocycles. The number of benzene rings is 1. The fourth-order valence-corrected chi connectivity index (χ4v) is 5.30. The number of phenolic OH excluding ortho intramolecular Hbond substituents is 1. The lowest BCUT2D eigenvalue weighted by Gasteiger charge is -2.47. The highest BCUT2D eigenvalue weighted by atomic mass is 16.7. The van der Waals surface area contributed by atoms with Gasteiger partial charge in [-0.1, -0.05) is 25.7 Å². The Labute approximate surface area is 266 Å². The fourth-order valence-electron chi connectivity index (χ4n) is 5.30. The average molecular weight is 662 g/mol. The number of methoxy groups -OCH3 is 2. The van der Waals surface area contributed by atoms with Crippen molar-refractivity contribution in [2.24, 2.45) is 0 Å². The number of phenols is 1. The second-order valence-corrected chi connectivity index (χ2v) is 11.2. The smallest absolute Gasteiger partial charge is 0.305 e. The van der Waals surface area contributed by atoms with Gasteiger partial charge in [-0.25, -0.2) is 0 Å². The van der Waals surface area contributed by atoms with Crippen molar-refractivity contribution in [3.8, 4) is 11.5 Å². The Balaban J connectivity index is 1.70. The van der Waals surface area contributed by atoms with E-state index in [1.165, 1.54) is 32.4 Å². The van der Waals surface area contributed by atoms with E-state index in [2.05, 4.69) is 10.1 Å². The Bertz CT molecular complexity index is 1090. The van der Waals surface area contributed by atoms with Crippen molar-refractivity contribution in [1.82, 2.24) is 5.32 Å². The number of amides is 1. The highest BCUT2D eigenvalue weighted by molar-refractivity contribution is 5.95. The molecule has 1 amide bonds. The first-order valence-corrected chi connectivity index (χ1v) is 15.3. The molecular weight excluding hydrogens is 614 g/mol. The van der Waals surface area contributed by atoms with Gasteiger partial charge in [0.05, 0.1) is 27.4 Å². The molecule has 1 aromatic rings. The van der Waals surface area contributed by atoms with E-state index in [0.29, 0.717) is 12.8 Å². The Morgan fingerprint density at radius 1 is 0.826 bits per heavy atom. The summed E-state index contributed by atoms with van der Waals surface area (Å²) in [5.41, 5.74) is 0.0727. The van der Waals surface area contributed by atoms with E-state index in [1.54, 1.807) is 0 Å². The molecule has 0 spiro atoms. The molecule has 0 saturated carbocycles. The predicted molar refractivity (Wildman–Crippen MR) is 157 cm³/mol. The highest BCUT2D eigenvalue weighted by Gasteiger charge is 2.51. The second kappa shape index (κ2) is 18.6. The summed E-state index contributed by atoms with van der Waals surface area (Å²) in [4.78, 5) is 24.5. The molecule has 2 heterocycles. The van der Waals surface area contributed by atoms with Crippen LogP contribution in [0.4, 0.5) is 0 Å². The summed E-state index contributed by atoms with van der Waals surface area (Å²) in [6.45, 7) is -1.22. The van der Waals surface area contributed by atoms with Crippen LogP contribution in [0.1, 0.15) is 55.3 Å². The number of nitrogens with one attached hydrogen (secondary N) is 1. The summed E-state index contributed by atoms with van der Waals surface area (Å²) < 4.78 is 32.7. The van der Waals surface area contributed by atoms with Crippen LogP contribution in [0.15, 0.2) is 18.2 Å². The Hall–Kier alpha value is -2.64. The molecule has 10 atom stereocenters. The van der Waals surface area contributed by atoms with Gasteiger partial charge in [-0.15, -0.1) is 0 Å². The molecule has 0 aliphatic carbocycles. The molecular formula is C30H47NO15. The number of hydrogen-bond donors (Lipinski definition) is 8. The maximum Gasteiger partial charge on any atom is 0.305 e. The van der Waals surface area contributed by atoms with Gasteiger partial charge in [-0.05, 0) is 31.0 Å². The molecule has 0 aromatic heterocycles. The lowest BCUT2D eigenvalue weighted by Crippen LogP contribution is -2.67. The monoisotopic (exact) mass is 661 g/mol. The van der Waals surface area contributed by atoms with E-state index in [1.807, 2.05) is 0 Å². The van der Waals surface area contributed by atoms with Gasteiger partial charge < -0.3 is 69.5 Å². The first-order chi connectivity index (χ1) is 22.1. The van der Waals surface area contributed by atoms with Crippen molar-refractivity contribution < 1.29 is 73.8 Å². The van der Waals surface area contributed by atoms with Gasteiger partial charge in [0.25, 0.3) is 5.91 Å². The molecule has 16 nitrogen and oxygen atoms in total. The summed E-state index contributed by atoms with van der Waals surface area (Å²) in [6.07, 6.45) is -8.54. The zero-order valence-electron chi connectivity index (χ0n) is 26.0. The van der Waals surface area contributed by atoms with Gasteiger partial charge >= 0.3 is 5.97 Å². The minimum Gasteiger partial charge on any atom is -0.504 e. The van der Waals surface area contributed by atoms with Crippen molar-refractivity contribution in [2.75, 3.05) is 34.0 Å². The number of carbonyl (C=O) groups is 2. The van der Waals surface area contributed by atoms with E-state index in [4.69, 9.17) is 23.7 Å². The Kier molecular flexibility index (Phi) is 15.3. The normalized spacial score (nSPS) is 31.3. The maximum atomic E-state index is 13.3. The van der Waals surface area contributed by atoms with Gasteiger partial charge in [-0.2, -0.15) is 0 Å². The van der Waals surface area contributed by atoms with Crippen LogP contribution in [0.25, 0.3) is 0 Å². The van der Waals surface area contributed by atoms with Crippen LogP contribution in [0.5, 0.6) is 11.5 Å². The first-order valence-electron chi connectivity index (χ1n) is 15.3. The van der Waals surface area contributed by atoms with Gasteiger partial charge in [0.1, 0.15) is 48.8 Å². The lowest BCUT2D eigenvalue weighted by atomic mass is 9.95. The van der Waals surface area contributed by atoms with E-state index in [-0.39, 0.29) is 29.6 Å². The molecule has 16 heteroatoms. The first kappa shape index (κ1) is 37.8. The van der Waals surface area contributed by atoms with E-state index in [9.17, 15) is 45.3 Å². The number of carbonyl (C=O) groups excluding carboxylic acids is 2. The number of unbranched alkanes of at least 4 members (excludes halogenated alkanes) is 5. The minimum atomic E-state index is -1.80. The molecule has 0 bridgehead atoms.